The number of allylic oxidation sites excluding steroid dienone is 1. The molecule has 0 radical (unpaired) electrons. The largest absolute Gasteiger partial charge is 0.465 e. The van der Waals surface area contributed by atoms with E-state index in [4.69, 9.17) is 20.4 Å². The van der Waals surface area contributed by atoms with Crippen LogP contribution in [0.2, 0.25) is 5.02 Å². The van der Waals surface area contributed by atoms with E-state index >= 15 is 0 Å². The van der Waals surface area contributed by atoms with Crippen LogP contribution in [0.4, 0.5) is 0 Å². The first-order valence-electron chi connectivity index (χ1n) is 9.15. The van der Waals surface area contributed by atoms with Gasteiger partial charge in [0, 0.05) is 16.6 Å². The van der Waals surface area contributed by atoms with Crippen molar-refractivity contribution in [1.82, 2.24) is 9.66 Å². The lowest BCUT2D eigenvalue weighted by molar-refractivity contribution is 0.557. The van der Waals surface area contributed by atoms with Gasteiger partial charge in [-0.15, -0.1) is 0 Å². The molecule has 0 saturated heterocycles. The molecule has 2 aromatic carbocycles. The summed E-state index contributed by atoms with van der Waals surface area (Å²) in [6, 6.07) is 17.8. The molecule has 30 heavy (non-hydrogen) atoms. The molecule has 0 amide bonds. The van der Waals surface area contributed by atoms with Crippen molar-refractivity contribution >= 4 is 45.8 Å². The summed E-state index contributed by atoms with van der Waals surface area (Å²) in [6.07, 6.45) is 6.51. The van der Waals surface area contributed by atoms with Crippen molar-refractivity contribution in [3.8, 4) is 11.6 Å². The molecule has 5 rings (SSSR count). The van der Waals surface area contributed by atoms with Crippen molar-refractivity contribution in [3.05, 3.63) is 94.1 Å². The van der Waals surface area contributed by atoms with Gasteiger partial charge in [-0.25, -0.2) is 4.98 Å². The molecule has 0 spiro atoms. The number of para-hydroxylation sites is 1. The Morgan fingerprint density at radius 3 is 2.83 bits per heavy atom. The molecule has 6 nitrogen and oxygen atoms in total. The fraction of sp³-hybridized carbons (Fsp3) is 0. The van der Waals surface area contributed by atoms with Crippen LogP contribution < -0.4 is 5.56 Å². The summed E-state index contributed by atoms with van der Waals surface area (Å²) in [5, 5.41) is 6.20. The van der Waals surface area contributed by atoms with Crippen molar-refractivity contribution in [2.24, 2.45) is 5.10 Å². The average molecular weight is 416 g/mol. The quantitative estimate of drug-likeness (QED) is 0.358. The van der Waals surface area contributed by atoms with Gasteiger partial charge in [-0.2, -0.15) is 9.78 Å². The molecule has 0 bridgehead atoms. The van der Waals surface area contributed by atoms with Gasteiger partial charge in [-0.1, -0.05) is 23.7 Å². The summed E-state index contributed by atoms with van der Waals surface area (Å²) in [6.45, 7) is 0. The topological polar surface area (TPSA) is 73.5 Å². The van der Waals surface area contributed by atoms with Crippen LogP contribution in [0, 0.1) is 0 Å². The number of hydrogen-bond acceptors (Lipinski definition) is 5. The summed E-state index contributed by atoms with van der Waals surface area (Å²) in [5.74, 6) is 1.40. The first-order valence-corrected chi connectivity index (χ1v) is 9.53. The molecule has 0 unspecified atom stereocenters. The van der Waals surface area contributed by atoms with Gasteiger partial charge < -0.3 is 8.83 Å². The Balaban J connectivity index is 1.67. The first kappa shape index (κ1) is 18.1. The highest BCUT2D eigenvalue weighted by atomic mass is 35.5. The molecule has 7 heteroatoms. The van der Waals surface area contributed by atoms with Gasteiger partial charge in [-0.3, -0.25) is 4.79 Å². The Morgan fingerprint density at radius 2 is 1.97 bits per heavy atom. The highest BCUT2D eigenvalue weighted by Crippen LogP contribution is 2.29. The minimum absolute atomic E-state index is 0.295. The van der Waals surface area contributed by atoms with E-state index < -0.39 is 0 Å². The van der Waals surface area contributed by atoms with Crippen molar-refractivity contribution in [2.75, 3.05) is 0 Å². The van der Waals surface area contributed by atoms with E-state index in [9.17, 15) is 4.79 Å². The third kappa shape index (κ3) is 3.33. The van der Waals surface area contributed by atoms with Gasteiger partial charge in [0.25, 0.3) is 5.56 Å². The minimum atomic E-state index is -0.295. The van der Waals surface area contributed by atoms with Crippen molar-refractivity contribution in [3.63, 3.8) is 0 Å². The van der Waals surface area contributed by atoms with E-state index in [-0.39, 0.29) is 5.56 Å². The number of halogens is 1. The van der Waals surface area contributed by atoms with E-state index in [0.717, 1.165) is 5.39 Å². The lowest BCUT2D eigenvalue weighted by Gasteiger charge is -2.06. The monoisotopic (exact) mass is 415 g/mol. The van der Waals surface area contributed by atoms with Crippen LogP contribution >= 0.6 is 11.6 Å². The van der Waals surface area contributed by atoms with Gasteiger partial charge in [0.2, 0.25) is 5.82 Å². The fourth-order valence-electron chi connectivity index (χ4n) is 3.14. The van der Waals surface area contributed by atoms with E-state index in [1.165, 1.54) is 10.9 Å². The second-order valence-electron chi connectivity index (χ2n) is 6.50. The number of furan rings is 2. The van der Waals surface area contributed by atoms with Crippen LogP contribution in [0.3, 0.4) is 0 Å². The maximum absolute atomic E-state index is 13.1. The Bertz CT molecular complexity index is 1480. The molecule has 0 fully saturated rings. The molecule has 0 N–H and O–H groups in total. The summed E-state index contributed by atoms with van der Waals surface area (Å²) < 4.78 is 12.4. The molecule has 0 aliphatic heterocycles. The predicted octanol–water partition coefficient (Wildman–Crippen LogP) is 5.60. The molecule has 0 aliphatic rings. The highest BCUT2D eigenvalue weighted by Gasteiger charge is 2.16. The van der Waals surface area contributed by atoms with Crippen molar-refractivity contribution in [1.29, 1.82) is 0 Å². The second-order valence-corrected chi connectivity index (χ2v) is 6.94. The van der Waals surface area contributed by atoms with Gasteiger partial charge in [0.1, 0.15) is 11.3 Å². The Kier molecular flexibility index (Phi) is 4.53. The van der Waals surface area contributed by atoms with Crippen LogP contribution in [-0.4, -0.2) is 15.9 Å². The number of hydrogen-bond donors (Lipinski definition) is 0. The normalized spacial score (nSPS) is 12.0. The van der Waals surface area contributed by atoms with E-state index in [0.29, 0.717) is 38.9 Å². The van der Waals surface area contributed by atoms with E-state index in [2.05, 4.69) is 10.1 Å². The molecular formula is C23H14ClN3O3. The molecule has 3 aromatic heterocycles. The van der Waals surface area contributed by atoms with E-state index in [1.54, 1.807) is 66.9 Å². The Hall–Kier alpha value is -3.90. The zero-order chi connectivity index (χ0) is 20.5. The van der Waals surface area contributed by atoms with Crippen molar-refractivity contribution < 1.29 is 8.83 Å². The fourth-order valence-corrected chi connectivity index (χ4v) is 3.32. The number of benzene rings is 2. The Labute approximate surface area is 175 Å². The molecule has 5 aromatic rings. The predicted molar refractivity (Wildman–Crippen MR) is 118 cm³/mol. The van der Waals surface area contributed by atoms with Crippen LogP contribution in [0.5, 0.6) is 0 Å². The number of aromatic nitrogens is 2. The van der Waals surface area contributed by atoms with Gasteiger partial charge in [0.15, 0.2) is 5.76 Å². The lowest BCUT2D eigenvalue weighted by atomic mass is 10.2. The lowest BCUT2D eigenvalue weighted by Crippen LogP contribution is -2.20. The van der Waals surface area contributed by atoms with Crippen LogP contribution in [-0.2, 0) is 0 Å². The molecule has 3 heterocycles. The van der Waals surface area contributed by atoms with Gasteiger partial charge in [-0.05, 0) is 60.7 Å². The molecule has 0 aliphatic carbocycles. The van der Waals surface area contributed by atoms with Gasteiger partial charge in [0.05, 0.1) is 17.2 Å². The third-order valence-corrected chi connectivity index (χ3v) is 4.76. The maximum Gasteiger partial charge on any atom is 0.282 e. The molecule has 0 atom stereocenters. The molecule has 0 saturated carbocycles. The van der Waals surface area contributed by atoms with Crippen LogP contribution in [0.1, 0.15) is 5.76 Å². The van der Waals surface area contributed by atoms with E-state index in [1.807, 2.05) is 12.1 Å². The summed E-state index contributed by atoms with van der Waals surface area (Å²) in [4.78, 5) is 17.8. The third-order valence-electron chi connectivity index (χ3n) is 4.52. The minimum Gasteiger partial charge on any atom is -0.465 e. The zero-order valence-corrected chi connectivity index (χ0v) is 16.3. The van der Waals surface area contributed by atoms with Crippen LogP contribution in [0.25, 0.3) is 39.5 Å². The first-order chi connectivity index (χ1) is 14.7. The smallest absolute Gasteiger partial charge is 0.282 e. The average Bonchev–Trinajstić information content (AvgIpc) is 3.41. The standard InChI is InChI=1S/C23H14ClN3O3/c24-16-9-10-20-15(13-16)14-21(30-20)22-26-19-8-2-1-7-18(19)23(28)27(22)25-11-3-5-17-6-4-12-29-17/h1-14H/b5-3+,25-11?. The number of rotatable bonds is 4. The summed E-state index contributed by atoms with van der Waals surface area (Å²) in [5.41, 5.74) is 0.912. The van der Waals surface area contributed by atoms with Crippen LogP contribution in [0.15, 0.2) is 91.7 Å². The highest BCUT2D eigenvalue weighted by molar-refractivity contribution is 6.31. The second kappa shape index (κ2) is 7.50. The summed E-state index contributed by atoms with van der Waals surface area (Å²) >= 11 is 6.08. The van der Waals surface area contributed by atoms with Gasteiger partial charge >= 0.3 is 0 Å². The number of nitrogens with zero attached hydrogens (tertiary/aromatic N) is 3. The zero-order valence-electron chi connectivity index (χ0n) is 15.5. The molecular weight excluding hydrogens is 402 g/mol. The summed E-state index contributed by atoms with van der Waals surface area (Å²) in [7, 11) is 0. The molecule has 146 valence electrons. The maximum atomic E-state index is 13.1. The Morgan fingerprint density at radius 1 is 1.07 bits per heavy atom. The SMILES string of the molecule is O=c1c2ccccc2nc(-c2cc3cc(Cl)ccc3o2)n1N=C/C=C/c1ccco1. The number of fused-ring (bicyclic) bond motifs is 2. The van der Waals surface area contributed by atoms with Crippen molar-refractivity contribution in [2.45, 2.75) is 0 Å².